The van der Waals surface area contributed by atoms with E-state index in [-0.39, 0.29) is 24.3 Å². The predicted octanol–water partition coefficient (Wildman–Crippen LogP) is 3.61. The number of rotatable bonds is 6. The van der Waals surface area contributed by atoms with Gasteiger partial charge in [-0.25, -0.2) is 0 Å². The number of hydrogen-bond acceptors (Lipinski definition) is 5. The fourth-order valence-electron chi connectivity index (χ4n) is 4.03. The number of ketones is 1. The molecule has 2 N–H and O–H groups in total. The van der Waals surface area contributed by atoms with Crippen LogP contribution in [0.25, 0.3) is 11.1 Å². The molecule has 1 amide bonds. The van der Waals surface area contributed by atoms with Gasteiger partial charge in [-0.15, -0.1) is 0 Å². The minimum Gasteiger partial charge on any atom is -0.322 e. The molecule has 5 rings (SSSR count). The summed E-state index contributed by atoms with van der Waals surface area (Å²) in [5.41, 5.74) is 4.92. The Bertz CT molecular complexity index is 1270. The Morgan fingerprint density at radius 2 is 1.97 bits per heavy atom. The van der Waals surface area contributed by atoms with Gasteiger partial charge in [0.2, 0.25) is 0 Å². The number of aromatic nitrogens is 3. The third kappa shape index (κ3) is 3.93. The second-order valence-corrected chi connectivity index (χ2v) is 7.64. The molecule has 1 unspecified atom stereocenters. The van der Waals surface area contributed by atoms with Crippen molar-refractivity contribution in [3.05, 3.63) is 102 Å². The molecule has 4 aromatic rings. The molecule has 0 aliphatic carbocycles. The predicted molar refractivity (Wildman–Crippen MR) is 121 cm³/mol. The summed E-state index contributed by atoms with van der Waals surface area (Å²) in [7, 11) is 0. The number of nitrogens with zero attached hydrogens (tertiary/aromatic N) is 3. The van der Waals surface area contributed by atoms with Gasteiger partial charge in [0.15, 0.2) is 5.78 Å². The van der Waals surface area contributed by atoms with Crippen molar-refractivity contribution in [2.75, 3.05) is 5.32 Å². The maximum atomic E-state index is 13.0. The standard InChI is InChI=1S/C25H21N5O2/c31-23(16-30-12-4-11-28-30)24-21-9-8-19(13-18(21)15-27-24)29-25(32)22-7-2-1-6-20(22)17-5-3-10-26-14-17/h1-14,24,27H,15-16H2,(H,29,32). The van der Waals surface area contributed by atoms with E-state index in [4.69, 9.17) is 0 Å². The van der Waals surface area contributed by atoms with Crippen LogP contribution in [0.1, 0.15) is 27.5 Å². The zero-order chi connectivity index (χ0) is 21.9. The summed E-state index contributed by atoms with van der Waals surface area (Å²) in [5.74, 6) is -0.142. The summed E-state index contributed by atoms with van der Waals surface area (Å²) < 4.78 is 1.62. The molecule has 0 radical (unpaired) electrons. The van der Waals surface area contributed by atoms with Crippen LogP contribution in [-0.2, 0) is 17.9 Å². The van der Waals surface area contributed by atoms with Crippen LogP contribution in [0.3, 0.4) is 0 Å². The maximum absolute atomic E-state index is 13.0. The van der Waals surface area contributed by atoms with Gasteiger partial charge in [-0.05, 0) is 47.0 Å². The number of carbonyl (C=O) groups is 2. The molecule has 0 saturated heterocycles. The van der Waals surface area contributed by atoms with Gasteiger partial charge in [-0.2, -0.15) is 5.10 Å². The smallest absolute Gasteiger partial charge is 0.256 e. The topological polar surface area (TPSA) is 88.9 Å². The largest absolute Gasteiger partial charge is 0.322 e. The average molecular weight is 423 g/mol. The highest BCUT2D eigenvalue weighted by Crippen LogP contribution is 2.30. The molecule has 0 saturated carbocycles. The van der Waals surface area contributed by atoms with Crippen molar-refractivity contribution in [1.82, 2.24) is 20.1 Å². The number of carbonyl (C=O) groups excluding carboxylic acids is 2. The highest BCUT2D eigenvalue weighted by Gasteiger charge is 2.28. The lowest BCUT2D eigenvalue weighted by Gasteiger charge is -2.13. The Hall–Kier alpha value is -4.10. The van der Waals surface area contributed by atoms with E-state index < -0.39 is 0 Å². The first-order chi connectivity index (χ1) is 15.7. The number of anilines is 1. The lowest BCUT2D eigenvalue weighted by atomic mass is 9.99. The summed E-state index contributed by atoms with van der Waals surface area (Å²) in [5, 5.41) is 10.4. The minimum absolute atomic E-state index is 0.0506. The van der Waals surface area contributed by atoms with Crippen molar-refractivity contribution in [3.8, 4) is 11.1 Å². The highest BCUT2D eigenvalue weighted by atomic mass is 16.1. The van der Waals surface area contributed by atoms with Crippen LogP contribution in [0.5, 0.6) is 0 Å². The van der Waals surface area contributed by atoms with Crippen molar-refractivity contribution in [3.63, 3.8) is 0 Å². The van der Waals surface area contributed by atoms with Crippen LogP contribution in [0.4, 0.5) is 5.69 Å². The second kappa shape index (κ2) is 8.56. The van der Waals surface area contributed by atoms with Crippen molar-refractivity contribution < 1.29 is 9.59 Å². The number of fused-ring (bicyclic) bond motifs is 1. The Morgan fingerprint density at radius 3 is 2.78 bits per heavy atom. The Labute approximate surface area is 185 Å². The molecular weight excluding hydrogens is 402 g/mol. The number of pyridine rings is 1. The summed E-state index contributed by atoms with van der Waals surface area (Å²) in [6.45, 7) is 0.786. The number of hydrogen-bond donors (Lipinski definition) is 2. The third-order valence-electron chi connectivity index (χ3n) is 5.55. The Kier molecular flexibility index (Phi) is 5.31. The van der Waals surface area contributed by atoms with E-state index in [1.807, 2.05) is 48.5 Å². The van der Waals surface area contributed by atoms with Crippen molar-refractivity contribution >= 4 is 17.4 Å². The normalized spacial score (nSPS) is 14.7. The minimum atomic E-state index is -0.370. The van der Waals surface area contributed by atoms with E-state index in [1.54, 1.807) is 41.6 Å². The van der Waals surface area contributed by atoms with Crippen LogP contribution in [0.2, 0.25) is 0 Å². The first-order valence-electron chi connectivity index (χ1n) is 10.4. The molecule has 2 aromatic heterocycles. The molecule has 158 valence electrons. The molecule has 0 bridgehead atoms. The molecule has 7 nitrogen and oxygen atoms in total. The molecule has 0 fully saturated rings. The van der Waals surface area contributed by atoms with Gasteiger partial charge >= 0.3 is 0 Å². The van der Waals surface area contributed by atoms with E-state index in [1.165, 1.54) is 0 Å². The van der Waals surface area contributed by atoms with Crippen LogP contribution < -0.4 is 10.6 Å². The molecule has 1 aliphatic rings. The van der Waals surface area contributed by atoms with E-state index in [9.17, 15) is 9.59 Å². The maximum Gasteiger partial charge on any atom is 0.256 e. The van der Waals surface area contributed by atoms with Crippen molar-refractivity contribution in [2.45, 2.75) is 19.1 Å². The first kappa shape index (κ1) is 19.8. The van der Waals surface area contributed by atoms with Gasteiger partial charge < -0.3 is 5.32 Å². The fourth-order valence-corrected chi connectivity index (χ4v) is 4.03. The summed E-state index contributed by atoms with van der Waals surface area (Å²) in [6, 6.07) is 18.3. The third-order valence-corrected chi connectivity index (χ3v) is 5.55. The second-order valence-electron chi connectivity index (χ2n) is 7.64. The molecule has 7 heteroatoms. The van der Waals surface area contributed by atoms with Crippen molar-refractivity contribution in [2.24, 2.45) is 0 Å². The van der Waals surface area contributed by atoms with E-state index in [0.717, 1.165) is 22.3 Å². The molecule has 2 aromatic carbocycles. The molecule has 0 spiro atoms. The molecule has 1 atom stereocenters. The van der Waals surface area contributed by atoms with Crippen LogP contribution in [-0.4, -0.2) is 26.5 Å². The van der Waals surface area contributed by atoms with Crippen molar-refractivity contribution in [1.29, 1.82) is 0 Å². The van der Waals surface area contributed by atoms with Crippen LogP contribution in [0, 0.1) is 0 Å². The lowest BCUT2D eigenvalue weighted by Crippen LogP contribution is -2.25. The average Bonchev–Trinajstić information content (AvgIpc) is 3.49. The zero-order valence-corrected chi connectivity index (χ0v) is 17.2. The fraction of sp³-hybridized carbons (Fsp3) is 0.120. The van der Waals surface area contributed by atoms with Crippen LogP contribution >= 0.6 is 0 Å². The molecule has 3 heterocycles. The molecule has 1 aliphatic heterocycles. The van der Waals surface area contributed by atoms with Gasteiger partial charge in [0.1, 0.15) is 6.54 Å². The zero-order valence-electron chi connectivity index (χ0n) is 17.2. The summed E-state index contributed by atoms with van der Waals surface area (Å²) in [4.78, 5) is 29.9. The quantitative estimate of drug-likeness (QED) is 0.495. The van der Waals surface area contributed by atoms with Gasteiger partial charge in [0.25, 0.3) is 5.91 Å². The first-order valence-corrected chi connectivity index (χ1v) is 10.4. The summed E-state index contributed by atoms with van der Waals surface area (Å²) >= 11 is 0. The SMILES string of the molecule is O=C(Nc1ccc2c(c1)CNC2C(=O)Cn1cccn1)c1ccccc1-c1cccnc1. The Morgan fingerprint density at radius 1 is 1.06 bits per heavy atom. The lowest BCUT2D eigenvalue weighted by molar-refractivity contribution is -0.121. The number of amides is 1. The molecule has 32 heavy (non-hydrogen) atoms. The number of benzene rings is 2. The molecular formula is C25H21N5O2. The van der Waals surface area contributed by atoms with Gasteiger partial charge in [0, 0.05) is 48.1 Å². The monoisotopic (exact) mass is 423 g/mol. The van der Waals surface area contributed by atoms with Gasteiger partial charge in [0.05, 0.1) is 6.04 Å². The number of nitrogens with one attached hydrogen (secondary N) is 2. The highest BCUT2D eigenvalue weighted by molar-refractivity contribution is 6.08. The van der Waals surface area contributed by atoms with Gasteiger partial charge in [-0.3, -0.25) is 24.6 Å². The van der Waals surface area contributed by atoms with Gasteiger partial charge in [-0.1, -0.05) is 30.3 Å². The van der Waals surface area contributed by atoms with E-state index in [2.05, 4.69) is 20.7 Å². The summed E-state index contributed by atoms with van der Waals surface area (Å²) in [6.07, 6.45) is 6.88. The van der Waals surface area contributed by atoms with Crippen LogP contribution in [0.15, 0.2) is 85.5 Å². The Balaban J connectivity index is 1.34. The van der Waals surface area contributed by atoms with E-state index in [0.29, 0.717) is 17.8 Å². The van der Waals surface area contributed by atoms with E-state index >= 15 is 0 Å². The number of Topliss-reactive ketones (excluding diaryl/α,β-unsaturated/α-hetero) is 1.